The van der Waals surface area contributed by atoms with E-state index < -0.39 is 0 Å². The summed E-state index contributed by atoms with van der Waals surface area (Å²) in [6.07, 6.45) is 0. The van der Waals surface area contributed by atoms with Crippen molar-refractivity contribution in [3.05, 3.63) is 41.6 Å². The maximum atomic E-state index is 11.8. The summed E-state index contributed by atoms with van der Waals surface area (Å²) in [6.45, 7) is 3.48. The number of nitrogens with zero attached hydrogens (tertiary/aromatic N) is 1. The normalized spacial score (nSPS) is 22.1. The van der Waals surface area contributed by atoms with Crippen LogP contribution in [0.3, 0.4) is 0 Å². The SMILES string of the molecule is COC(=O)C1CNCC1c1ccc2nc(C)ccc2c1. The number of carbonyl (C=O) groups excluding carboxylic acids is 1. The highest BCUT2D eigenvalue weighted by Gasteiger charge is 2.34. The monoisotopic (exact) mass is 270 g/mol. The minimum atomic E-state index is -0.137. The smallest absolute Gasteiger partial charge is 0.310 e. The highest BCUT2D eigenvalue weighted by atomic mass is 16.5. The zero-order valence-electron chi connectivity index (χ0n) is 11.7. The van der Waals surface area contributed by atoms with E-state index in [1.165, 1.54) is 12.7 Å². The fourth-order valence-electron chi connectivity index (χ4n) is 2.90. The van der Waals surface area contributed by atoms with E-state index in [0.29, 0.717) is 6.54 Å². The lowest BCUT2D eigenvalue weighted by Gasteiger charge is -2.17. The van der Waals surface area contributed by atoms with Gasteiger partial charge in [0.2, 0.25) is 0 Å². The summed E-state index contributed by atoms with van der Waals surface area (Å²) >= 11 is 0. The standard InChI is InChI=1S/C16H18N2O2/c1-10-3-4-12-7-11(5-6-15(12)18-10)13-8-17-9-14(13)16(19)20-2/h3-7,13-14,17H,8-9H2,1-2H3. The maximum absolute atomic E-state index is 11.8. The Bertz CT molecular complexity index is 654. The van der Waals surface area contributed by atoms with Gasteiger partial charge in [-0.05, 0) is 30.7 Å². The molecule has 20 heavy (non-hydrogen) atoms. The fourth-order valence-corrected chi connectivity index (χ4v) is 2.90. The van der Waals surface area contributed by atoms with E-state index in [2.05, 4.69) is 28.5 Å². The Morgan fingerprint density at radius 2 is 2.15 bits per heavy atom. The van der Waals surface area contributed by atoms with Crippen LogP contribution in [0.25, 0.3) is 10.9 Å². The molecular weight excluding hydrogens is 252 g/mol. The number of rotatable bonds is 2. The number of aromatic nitrogens is 1. The van der Waals surface area contributed by atoms with Crippen LogP contribution in [0.2, 0.25) is 0 Å². The van der Waals surface area contributed by atoms with Crippen LogP contribution in [0.5, 0.6) is 0 Å². The molecule has 0 bridgehead atoms. The number of methoxy groups -OCH3 is 1. The Labute approximate surface area is 118 Å². The van der Waals surface area contributed by atoms with Crippen LogP contribution in [0.4, 0.5) is 0 Å². The average Bonchev–Trinajstić information content (AvgIpc) is 2.95. The van der Waals surface area contributed by atoms with Crippen molar-refractivity contribution < 1.29 is 9.53 Å². The predicted molar refractivity (Wildman–Crippen MR) is 77.6 cm³/mol. The fraction of sp³-hybridized carbons (Fsp3) is 0.375. The highest BCUT2D eigenvalue weighted by molar-refractivity contribution is 5.80. The van der Waals surface area contributed by atoms with E-state index in [-0.39, 0.29) is 17.8 Å². The molecule has 1 N–H and O–H groups in total. The van der Waals surface area contributed by atoms with Crippen LogP contribution in [0, 0.1) is 12.8 Å². The zero-order chi connectivity index (χ0) is 14.1. The molecule has 0 spiro atoms. The Morgan fingerprint density at radius 3 is 2.95 bits per heavy atom. The molecule has 0 aliphatic carbocycles. The van der Waals surface area contributed by atoms with Crippen LogP contribution in [0.15, 0.2) is 30.3 Å². The van der Waals surface area contributed by atoms with Gasteiger partial charge in [0.25, 0.3) is 0 Å². The Hall–Kier alpha value is -1.94. The molecule has 0 amide bonds. The van der Waals surface area contributed by atoms with Crippen molar-refractivity contribution in [1.29, 1.82) is 0 Å². The molecule has 0 radical (unpaired) electrons. The number of ether oxygens (including phenoxy) is 1. The van der Waals surface area contributed by atoms with Crippen molar-refractivity contribution in [2.45, 2.75) is 12.8 Å². The lowest BCUT2D eigenvalue weighted by atomic mass is 9.88. The summed E-state index contributed by atoms with van der Waals surface area (Å²) in [5, 5.41) is 4.39. The van der Waals surface area contributed by atoms with Gasteiger partial charge in [-0.2, -0.15) is 0 Å². The zero-order valence-corrected chi connectivity index (χ0v) is 11.7. The first-order valence-corrected chi connectivity index (χ1v) is 6.85. The third-order valence-electron chi connectivity index (χ3n) is 4.00. The second kappa shape index (κ2) is 5.21. The quantitative estimate of drug-likeness (QED) is 0.848. The summed E-state index contributed by atoms with van der Waals surface area (Å²) in [6, 6.07) is 10.3. The number of hydrogen-bond donors (Lipinski definition) is 1. The molecule has 0 saturated carbocycles. The van der Waals surface area contributed by atoms with Gasteiger partial charge in [-0.1, -0.05) is 12.1 Å². The first-order chi connectivity index (χ1) is 9.69. The van der Waals surface area contributed by atoms with Gasteiger partial charge in [0, 0.05) is 30.1 Å². The Morgan fingerprint density at radius 1 is 1.30 bits per heavy atom. The van der Waals surface area contributed by atoms with Gasteiger partial charge in [-0.25, -0.2) is 0 Å². The van der Waals surface area contributed by atoms with Gasteiger partial charge < -0.3 is 10.1 Å². The third-order valence-corrected chi connectivity index (χ3v) is 4.00. The molecule has 3 rings (SSSR count). The number of benzene rings is 1. The first-order valence-electron chi connectivity index (χ1n) is 6.85. The van der Waals surface area contributed by atoms with Crippen LogP contribution in [-0.4, -0.2) is 31.2 Å². The number of fused-ring (bicyclic) bond motifs is 1. The van der Waals surface area contributed by atoms with Crippen molar-refractivity contribution in [3.63, 3.8) is 0 Å². The Balaban J connectivity index is 1.97. The van der Waals surface area contributed by atoms with Crippen molar-refractivity contribution in [2.75, 3.05) is 20.2 Å². The minimum Gasteiger partial charge on any atom is -0.469 e. The van der Waals surface area contributed by atoms with Gasteiger partial charge in [-0.15, -0.1) is 0 Å². The molecule has 2 unspecified atom stereocenters. The molecule has 2 heterocycles. The second-order valence-corrected chi connectivity index (χ2v) is 5.30. The molecule has 2 atom stereocenters. The topological polar surface area (TPSA) is 51.2 Å². The molecule has 1 fully saturated rings. The Kier molecular flexibility index (Phi) is 3.40. The summed E-state index contributed by atoms with van der Waals surface area (Å²) in [5.74, 6) is -0.0638. The van der Waals surface area contributed by atoms with E-state index in [0.717, 1.165) is 23.1 Å². The van der Waals surface area contributed by atoms with Gasteiger partial charge in [0.15, 0.2) is 0 Å². The average molecular weight is 270 g/mol. The van der Waals surface area contributed by atoms with Crippen LogP contribution < -0.4 is 5.32 Å². The van der Waals surface area contributed by atoms with Gasteiger partial charge in [0.1, 0.15) is 0 Å². The maximum Gasteiger partial charge on any atom is 0.310 e. The van der Waals surface area contributed by atoms with Gasteiger partial charge in [0.05, 0.1) is 18.5 Å². The number of esters is 1. The third kappa shape index (κ3) is 2.27. The van der Waals surface area contributed by atoms with Gasteiger partial charge in [-0.3, -0.25) is 9.78 Å². The van der Waals surface area contributed by atoms with Crippen molar-refractivity contribution in [2.24, 2.45) is 5.92 Å². The molecule has 4 nitrogen and oxygen atoms in total. The van der Waals surface area contributed by atoms with E-state index in [9.17, 15) is 4.79 Å². The molecule has 1 aromatic heterocycles. The highest BCUT2D eigenvalue weighted by Crippen LogP contribution is 2.30. The molecule has 1 aliphatic rings. The lowest BCUT2D eigenvalue weighted by molar-refractivity contribution is -0.145. The van der Waals surface area contributed by atoms with Crippen molar-refractivity contribution in [3.8, 4) is 0 Å². The number of carbonyl (C=O) groups is 1. The number of pyridine rings is 1. The van der Waals surface area contributed by atoms with Crippen LogP contribution >= 0.6 is 0 Å². The summed E-state index contributed by atoms with van der Waals surface area (Å²) < 4.78 is 4.90. The summed E-state index contributed by atoms with van der Waals surface area (Å²) in [5.41, 5.74) is 3.18. The number of hydrogen-bond acceptors (Lipinski definition) is 4. The van der Waals surface area contributed by atoms with E-state index in [1.807, 2.05) is 19.1 Å². The molecule has 1 saturated heterocycles. The largest absolute Gasteiger partial charge is 0.469 e. The van der Waals surface area contributed by atoms with Gasteiger partial charge >= 0.3 is 5.97 Å². The van der Waals surface area contributed by atoms with E-state index in [4.69, 9.17) is 4.74 Å². The van der Waals surface area contributed by atoms with Crippen molar-refractivity contribution in [1.82, 2.24) is 10.3 Å². The molecule has 104 valence electrons. The predicted octanol–water partition coefficient (Wildman–Crippen LogP) is 2.02. The second-order valence-electron chi connectivity index (χ2n) is 5.30. The van der Waals surface area contributed by atoms with E-state index in [1.54, 1.807) is 0 Å². The number of aryl methyl sites for hydroxylation is 1. The first kappa shape index (κ1) is 13.1. The lowest BCUT2D eigenvalue weighted by Crippen LogP contribution is -2.22. The van der Waals surface area contributed by atoms with Crippen LogP contribution in [0.1, 0.15) is 17.2 Å². The molecule has 1 aliphatic heterocycles. The molecule has 1 aromatic carbocycles. The summed E-state index contributed by atoms with van der Waals surface area (Å²) in [4.78, 5) is 16.3. The van der Waals surface area contributed by atoms with E-state index >= 15 is 0 Å². The number of nitrogens with one attached hydrogen (secondary N) is 1. The van der Waals surface area contributed by atoms with Crippen molar-refractivity contribution >= 4 is 16.9 Å². The molecule has 4 heteroatoms. The minimum absolute atomic E-state index is 0.101. The molecule has 2 aromatic rings. The molecular formula is C16H18N2O2. The summed E-state index contributed by atoms with van der Waals surface area (Å²) in [7, 11) is 1.45. The van der Waals surface area contributed by atoms with Crippen LogP contribution in [-0.2, 0) is 9.53 Å².